The Kier molecular flexibility index (Phi) is 4.69. The molecule has 2 nitrogen and oxygen atoms in total. The fraction of sp³-hybridized carbons (Fsp3) is 0.154. The topological polar surface area (TPSA) is 29.1 Å². The second-order valence-electron chi connectivity index (χ2n) is 3.68. The Morgan fingerprint density at radius 3 is 2.94 bits per heavy atom. The Bertz CT molecular complexity index is 540. The van der Waals surface area contributed by atoms with Gasteiger partial charge in [0, 0.05) is 10.7 Å². The molecular formula is C13H12ClNOS2. The molecule has 18 heavy (non-hydrogen) atoms. The molecule has 0 radical (unpaired) electrons. The number of nitrogens with one attached hydrogen (secondary N) is 1. The number of rotatable bonds is 4. The van der Waals surface area contributed by atoms with Crippen molar-refractivity contribution in [3.8, 4) is 0 Å². The predicted octanol–water partition coefficient (Wildman–Crippen LogP) is 4.44. The lowest BCUT2D eigenvalue weighted by molar-refractivity contribution is -0.113. The van der Waals surface area contributed by atoms with Gasteiger partial charge in [0.05, 0.1) is 9.96 Å². The van der Waals surface area contributed by atoms with Gasteiger partial charge in [-0.2, -0.15) is 0 Å². The molecule has 1 N–H and O–H groups in total. The summed E-state index contributed by atoms with van der Waals surface area (Å²) in [5.41, 5.74) is 1.67. The number of hydrogen-bond acceptors (Lipinski definition) is 3. The molecule has 1 heterocycles. The third-order valence-electron chi connectivity index (χ3n) is 2.38. The first-order valence-electron chi connectivity index (χ1n) is 5.38. The van der Waals surface area contributed by atoms with Crippen LogP contribution in [0.4, 0.5) is 5.69 Å². The molecule has 2 aromatic rings. The van der Waals surface area contributed by atoms with Gasteiger partial charge in [0.25, 0.3) is 0 Å². The number of hydrogen-bond donors (Lipinski definition) is 1. The number of amides is 1. The molecule has 1 amide bonds. The summed E-state index contributed by atoms with van der Waals surface area (Å²) >= 11 is 9.18. The van der Waals surface area contributed by atoms with E-state index < -0.39 is 0 Å². The Labute approximate surface area is 119 Å². The van der Waals surface area contributed by atoms with E-state index in [-0.39, 0.29) is 5.91 Å². The molecule has 1 aromatic carbocycles. The van der Waals surface area contributed by atoms with Crippen LogP contribution in [-0.2, 0) is 4.79 Å². The Morgan fingerprint density at radius 2 is 2.22 bits per heavy atom. The zero-order valence-electron chi connectivity index (χ0n) is 9.77. The second kappa shape index (κ2) is 6.27. The van der Waals surface area contributed by atoms with Crippen molar-refractivity contribution < 1.29 is 4.79 Å². The van der Waals surface area contributed by atoms with Gasteiger partial charge < -0.3 is 5.32 Å². The Hall–Kier alpha value is -0.970. The largest absolute Gasteiger partial charge is 0.325 e. The third-order valence-corrected chi connectivity index (χ3v) is 4.92. The van der Waals surface area contributed by atoms with E-state index in [0.717, 1.165) is 15.5 Å². The van der Waals surface area contributed by atoms with Crippen LogP contribution < -0.4 is 5.32 Å². The highest BCUT2D eigenvalue weighted by Gasteiger charge is 2.07. The molecule has 0 bridgehead atoms. The second-order valence-corrected chi connectivity index (χ2v) is 6.31. The van der Waals surface area contributed by atoms with Crippen molar-refractivity contribution in [3.05, 3.63) is 46.3 Å². The van der Waals surface area contributed by atoms with Crippen molar-refractivity contribution in [1.82, 2.24) is 0 Å². The van der Waals surface area contributed by atoms with Gasteiger partial charge in [-0.1, -0.05) is 23.7 Å². The average Bonchev–Trinajstić information content (AvgIpc) is 2.86. The monoisotopic (exact) mass is 297 g/mol. The van der Waals surface area contributed by atoms with Crippen molar-refractivity contribution in [2.24, 2.45) is 0 Å². The summed E-state index contributed by atoms with van der Waals surface area (Å²) < 4.78 is 1.15. The number of thiophene rings is 1. The van der Waals surface area contributed by atoms with Crippen LogP contribution in [0, 0.1) is 6.92 Å². The maximum absolute atomic E-state index is 11.8. The molecule has 5 heteroatoms. The van der Waals surface area contributed by atoms with Gasteiger partial charge in [0.1, 0.15) is 0 Å². The van der Waals surface area contributed by atoms with Crippen LogP contribution in [-0.4, -0.2) is 11.7 Å². The molecule has 0 atom stereocenters. The Balaban J connectivity index is 1.93. The van der Waals surface area contributed by atoms with E-state index in [1.807, 2.05) is 42.6 Å². The maximum atomic E-state index is 11.8. The van der Waals surface area contributed by atoms with E-state index in [1.165, 1.54) is 11.8 Å². The van der Waals surface area contributed by atoms with Gasteiger partial charge in [-0.15, -0.1) is 23.1 Å². The lowest BCUT2D eigenvalue weighted by atomic mass is 10.2. The third kappa shape index (κ3) is 3.51. The fourth-order valence-electron chi connectivity index (χ4n) is 1.41. The SMILES string of the molecule is Cc1c(Cl)cccc1NC(=O)CSc1cccs1. The van der Waals surface area contributed by atoms with Crippen molar-refractivity contribution in [1.29, 1.82) is 0 Å². The summed E-state index contributed by atoms with van der Waals surface area (Å²) in [4.78, 5) is 11.8. The lowest BCUT2D eigenvalue weighted by Crippen LogP contribution is -2.14. The van der Waals surface area contributed by atoms with Gasteiger partial charge >= 0.3 is 0 Å². The molecule has 0 aliphatic rings. The number of anilines is 1. The van der Waals surface area contributed by atoms with Gasteiger partial charge in [-0.3, -0.25) is 4.79 Å². The number of carbonyl (C=O) groups excluding carboxylic acids is 1. The summed E-state index contributed by atoms with van der Waals surface area (Å²) in [5, 5.41) is 5.54. The minimum absolute atomic E-state index is 0.0150. The van der Waals surface area contributed by atoms with E-state index in [1.54, 1.807) is 11.3 Å². The standard InChI is InChI=1S/C13H12ClNOS2/c1-9-10(14)4-2-5-11(9)15-12(16)8-18-13-6-3-7-17-13/h2-7H,8H2,1H3,(H,15,16). The van der Waals surface area contributed by atoms with Crippen LogP contribution >= 0.6 is 34.7 Å². The Morgan fingerprint density at radius 1 is 1.39 bits per heavy atom. The molecular weight excluding hydrogens is 286 g/mol. The molecule has 0 saturated carbocycles. The summed E-state index contributed by atoms with van der Waals surface area (Å²) in [7, 11) is 0. The number of halogens is 1. The lowest BCUT2D eigenvalue weighted by Gasteiger charge is -2.08. The van der Waals surface area contributed by atoms with Gasteiger partial charge in [0.2, 0.25) is 5.91 Å². The minimum Gasteiger partial charge on any atom is -0.325 e. The van der Waals surface area contributed by atoms with Crippen LogP contribution in [0.2, 0.25) is 5.02 Å². The van der Waals surface area contributed by atoms with Crippen molar-refractivity contribution in [3.63, 3.8) is 0 Å². The molecule has 0 spiro atoms. The number of carbonyl (C=O) groups is 1. The molecule has 2 rings (SSSR count). The number of benzene rings is 1. The van der Waals surface area contributed by atoms with E-state index in [2.05, 4.69) is 5.32 Å². The van der Waals surface area contributed by atoms with Crippen molar-refractivity contribution >= 4 is 46.3 Å². The zero-order chi connectivity index (χ0) is 13.0. The molecule has 0 saturated heterocycles. The van der Waals surface area contributed by atoms with Crippen LogP contribution in [0.5, 0.6) is 0 Å². The first-order chi connectivity index (χ1) is 8.66. The zero-order valence-corrected chi connectivity index (χ0v) is 12.2. The van der Waals surface area contributed by atoms with Crippen LogP contribution in [0.1, 0.15) is 5.56 Å². The van der Waals surface area contributed by atoms with E-state index in [9.17, 15) is 4.79 Å². The van der Waals surface area contributed by atoms with E-state index in [4.69, 9.17) is 11.6 Å². The fourth-order valence-corrected chi connectivity index (χ4v) is 3.17. The van der Waals surface area contributed by atoms with Gasteiger partial charge in [-0.25, -0.2) is 0 Å². The van der Waals surface area contributed by atoms with Crippen LogP contribution in [0.25, 0.3) is 0 Å². The molecule has 0 aliphatic carbocycles. The van der Waals surface area contributed by atoms with E-state index >= 15 is 0 Å². The van der Waals surface area contributed by atoms with E-state index in [0.29, 0.717) is 10.8 Å². The predicted molar refractivity (Wildman–Crippen MR) is 79.9 cm³/mol. The highest BCUT2D eigenvalue weighted by molar-refractivity contribution is 8.01. The van der Waals surface area contributed by atoms with Gasteiger partial charge in [0.15, 0.2) is 0 Å². The minimum atomic E-state index is -0.0150. The van der Waals surface area contributed by atoms with Crippen LogP contribution in [0.15, 0.2) is 39.9 Å². The first kappa shape index (κ1) is 13.5. The quantitative estimate of drug-likeness (QED) is 0.845. The molecule has 94 valence electrons. The molecule has 0 fully saturated rings. The summed E-state index contributed by atoms with van der Waals surface area (Å²) in [6, 6.07) is 9.48. The smallest absolute Gasteiger partial charge is 0.234 e. The molecule has 0 unspecified atom stereocenters. The van der Waals surface area contributed by atoms with Crippen LogP contribution in [0.3, 0.4) is 0 Å². The van der Waals surface area contributed by atoms with Crippen molar-refractivity contribution in [2.75, 3.05) is 11.1 Å². The highest BCUT2D eigenvalue weighted by Crippen LogP contribution is 2.25. The normalized spacial score (nSPS) is 10.3. The average molecular weight is 298 g/mol. The summed E-state index contributed by atoms with van der Waals surface area (Å²) in [6.45, 7) is 1.89. The molecule has 0 aliphatic heterocycles. The van der Waals surface area contributed by atoms with Crippen molar-refractivity contribution in [2.45, 2.75) is 11.1 Å². The number of thioether (sulfide) groups is 1. The molecule has 1 aromatic heterocycles. The maximum Gasteiger partial charge on any atom is 0.234 e. The summed E-state index contributed by atoms with van der Waals surface area (Å²) in [6.07, 6.45) is 0. The summed E-state index contributed by atoms with van der Waals surface area (Å²) in [5.74, 6) is 0.394. The highest BCUT2D eigenvalue weighted by atomic mass is 35.5. The van der Waals surface area contributed by atoms with Gasteiger partial charge in [-0.05, 0) is 36.1 Å². The first-order valence-corrected chi connectivity index (χ1v) is 7.62.